The second kappa shape index (κ2) is 9.90. The Morgan fingerprint density at radius 1 is 1.14 bits per heavy atom. The summed E-state index contributed by atoms with van der Waals surface area (Å²) in [5.74, 6) is -0.0974. The topological polar surface area (TPSA) is 106 Å². The summed E-state index contributed by atoms with van der Waals surface area (Å²) in [6, 6.07) is 14.9. The quantitative estimate of drug-likeness (QED) is 0.538. The number of benzene rings is 2. The van der Waals surface area contributed by atoms with Crippen molar-refractivity contribution in [1.29, 1.82) is 0 Å². The van der Waals surface area contributed by atoms with Gasteiger partial charge < -0.3 is 14.9 Å². The molecule has 2 aromatic heterocycles. The summed E-state index contributed by atoms with van der Waals surface area (Å²) in [6.45, 7) is 0.100. The van der Waals surface area contributed by atoms with Crippen molar-refractivity contribution in [2.75, 3.05) is 13.2 Å². The molecule has 0 fully saturated rings. The molecule has 0 saturated heterocycles. The first-order valence-electron chi connectivity index (χ1n) is 8.69. The van der Waals surface area contributed by atoms with Crippen LogP contribution < -0.4 is 5.32 Å². The van der Waals surface area contributed by atoms with Gasteiger partial charge in [0.15, 0.2) is 0 Å². The summed E-state index contributed by atoms with van der Waals surface area (Å²) < 4.78 is 18.9. The van der Waals surface area contributed by atoms with Crippen molar-refractivity contribution in [2.24, 2.45) is 0 Å². The van der Waals surface area contributed by atoms with Crippen molar-refractivity contribution < 1.29 is 18.8 Å². The van der Waals surface area contributed by atoms with Crippen LogP contribution in [-0.4, -0.2) is 44.1 Å². The second-order valence-electron chi connectivity index (χ2n) is 5.74. The number of amides is 1. The number of carbonyl (C=O) groups is 1. The molecule has 0 unspecified atom stereocenters. The molecule has 1 amide bonds. The summed E-state index contributed by atoms with van der Waals surface area (Å²) in [5.41, 5.74) is 2.30. The van der Waals surface area contributed by atoms with Gasteiger partial charge in [0.05, 0.1) is 12.3 Å². The van der Waals surface area contributed by atoms with Crippen molar-refractivity contribution in [3.8, 4) is 17.1 Å². The summed E-state index contributed by atoms with van der Waals surface area (Å²) in [7, 11) is 0. The summed E-state index contributed by atoms with van der Waals surface area (Å²) in [6.07, 6.45) is 4.95. The molecule has 4 rings (SSSR count). The van der Waals surface area contributed by atoms with Crippen molar-refractivity contribution in [3.63, 3.8) is 0 Å². The fourth-order valence-electron chi connectivity index (χ4n) is 2.36. The summed E-state index contributed by atoms with van der Waals surface area (Å²) in [4.78, 5) is 15.1. The molecule has 0 radical (unpaired) electrons. The second-order valence-corrected chi connectivity index (χ2v) is 5.74. The molecule has 0 saturated carbocycles. The molecule has 0 bridgehead atoms. The lowest BCUT2D eigenvalue weighted by atomic mass is 10.2. The molecular formula is C20H18FN5O3. The van der Waals surface area contributed by atoms with Gasteiger partial charge in [-0.2, -0.15) is 10.1 Å². The van der Waals surface area contributed by atoms with Crippen LogP contribution in [0, 0.1) is 5.82 Å². The summed E-state index contributed by atoms with van der Waals surface area (Å²) in [5, 5.41) is 18.8. The van der Waals surface area contributed by atoms with Crippen LogP contribution in [0.25, 0.3) is 17.1 Å². The number of carbonyl (C=O) groups excluding carboxylic acids is 1. The highest BCUT2D eigenvalue weighted by molar-refractivity contribution is 5.94. The number of aromatic nitrogens is 4. The molecule has 4 aromatic rings. The molecule has 0 aliphatic carbocycles. The first-order valence-corrected chi connectivity index (χ1v) is 8.69. The van der Waals surface area contributed by atoms with Crippen LogP contribution in [0.15, 0.2) is 77.9 Å². The molecule has 29 heavy (non-hydrogen) atoms. The lowest BCUT2D eigenvalue weighted by Crippen LogP contribution is -2.26. The minimum absolute atomic E-state index is 0.104. The predicted molar refractivity (Wildman–Crippen MR) is 103 cm³/mol. The van der Waals surface area contributed by atoms with E-state index in [0.29, 0.717) is 11.4 Å². The van der Waals surface area contributed by atoms with E-state index in [0.717, 1.165) is 11.3 Å². The van der Waals surface area contributed by atoms with E-state index >= 15 is 0 Å². The van der Waals surface area contributed by atoms with Gasteiger partial charge in [-0.15, -0.1) is 0 Å². The Bertz CT molecular complexity index is 948. The number of nitrogens with zero attached hydrogens (tertiary/aromatic N) is 4. The third-order valence-electron chi connectivity index (χ3n) is 3.76. The lowest BCUT2D eigenvalue weighted by Gasteiger charge is -2.01. The van der Waals surface area contributed by atoms with Crippen molar-refractivity contribution in [2.45, 2.75) is 0 Å². The molecule has 2 heterocycles. The smallest absolute Gasteiger partial charge is 0.251 e. The maximum Gasteiger partial charge on any atom is 0.251 e. The first-order chi connectivity index (χ1) is 14.2. The Morgan fingerprint density at radius 3 is 2.48 bits per heavy atom. The zero-order valence-electron chi connectivity index (χ0n) is 15.3. The van der Waals surface area contributed by atoms with E-state index in [2.05, 4.69) is 20.6 Å². The average Bonchev–Trinajstić information content (AvgIpc) is 3.47. The first kappa shape index (κ1) is 19.9. The molecule has 0 atom stereocenters. The highest BCUT2D eigenvalue weighted by Gasteiger charge is 2.04. The van der Waals surface area contributed by atoms with Crippen LogP contribution in [0.4, 0.5) is 4.39 Å². The van der Waals surface area contributed by atoms with Gasteiger partial charge in [-0.05, 0) is 54.6 Å². The number of aliphatic hydroxyl groups is 1. The van der Waals surface area contributed by atoms with E-state index in [1.165, 1.54) is 30.7 Å². The zero-order valence-corrected chi connectivity index (χ0v) is 15.3. The molecule has 2 N–H and O–H groups in total. The van der Waals surface area contributed by atoms with E-state index < -0.39 is 0 Å². The Labute approximate surface area is 165 Å². The number of rotatable bonds is 5. The molecule has 0 spiro atoms. The average molecular weight is 395 g/mol. The Kier molecular flexibility index (Phi) is 6.80. The molecular weight excluding hydrogens is 377 g/mol. The molecule has 9 heteroatoms. The van der Waals surface area contributed by atoms with Crippen molar-refractivity contribution >= 4 is 5.91 Å². The monoisotopic (exact) mass is 395 g/mol. The maximum absolute atomic E-state index is 12.4. The number of hydrogen-bond donors (Lipinski definition) is 2. The molecule has 8 nitrogen and oxygen atoms in total. The van der Waals surface area contributed by atoms with Gasteiger partial charge in [0.1, 0.15) is 5.82 Å². The van der Waals surface area contributed by atoms with Crippen LogP contribution in [-0.2, 0) is 0 Å². The standard InChI is InChI=1S/C11H8N4O.C9H10FNO2/c1-6-13-15(7-1)10-4-2-9(3-5-10)11-12-8-16-14-11;10-8-3-1-7(2-4-8)9(13)11-5-6-12/h1-8H;1-4,12H,5-6H2,(H,11,13). The third-order valence-corrected chi connectivity index (χ3v) is 3.76. The molecule has 0 aliphatic heterocycles. The lowest BCUT2D eigenvalue weighted by molar-refractivity contribution is 0.0944. The zero-order chi connectivity index (χ0) is 20.5. The molecule has 2 aromatic carbocycles. The largest absolute Gasteiger partial charge is 0.395 e. The highest BCUT2D eigenvalue weighted by Crippen LogP contribution is 2.16. The Balaban J connectivity index is 0.000000170. The van der Waals surface area contributed by atoms with Gasteiger partial charge in [0, 0.05) is 30.1 Å². The van der Waals surface area contributed by atoms with E-state index in [-0.39, 0.29) is 24.9 Å². The van der Waals surface area contributed by atoms with Crippen LogP contribution in [0.3, 0.4) is 0 Å². The molecule has 148 valence electrons. The predicted octanol–water partition coefficient (Wildman–Crippen LogP) is 2.47. The van der Waals surface area contributed by atoms with Gasteiger partial charge in [-0.1, -0.05) is 5.16 Å². The van der Waals surface area contributed by atoms with Gasteiger partial charge in [0.25, 0.3) is 5.91 Å². The Hall–Kier alpha value is -3.85. The van der Waals surface area contributed by atoms with Gasteiger partial charge in [-0.3, -0.25) is 4.79 Å². The highest BCUT2D eigenvalue weighted by atomic mass is 19.1. The minimum Gasteiger partial charge on any atom is -0.395 e. The number of nitrogens with one attached hydrogen (secondary N) is 1. The van der Waals surface area contributed by atoms with Crippen LogP contribution >= 0.6 is 0 Å². The minimum atomic E-state index is -0.376. The van der Waals surface area contributed by atoms with Crippen molar-refractivity contribution in [3.05, 3.63) is 84.8 Å². The van der Waals surface area contributed by atoms with Crippen molar-refractivity contribution in [1.82, 2.24) is 25.2 Å². The number of aliphatic hydroxyl groups excluding tert-OH is 1. The molecule has 0 aliphatic rings. The van der Waals surface area contributed by atoms with E-state index in [1.807, 2.05) is 36.5 Å². The number of hydrogen-bond acceptors (Lipinski definition) is 6. The number of halogens is 1. The normalized spacial score (nSPS) is 10.1. The van der Waals surface area contributed by atoms with Gasteiger partial charge in [0.2, 0.25) is 12.2 Å². The maximum atomic E-state index is 12.4. The van der Waals surface area contributed by atoms with E-state index in [4.69, 9.17) is 9.63 Å². The summed E-state index contributed by atoms with van der Waals surface area (Å²) >= 11 is 0. The fraction of sp³-hybridized carbons (Fsp3) is 0.100. The van der Waals surface area contributed by atoms with E-state index in [9.17, 15) is 9.18 Å². The van der Waals surface area contributed by atoms with Crippen LogP contribution in [0.5, 0.6) is 0 Å². The fourth-order valence-corrected chi connectivity index (χ4v) is 2.36. The SMILES string of the molecule is O=C(NCCO)c1ccc(F)cc1.c1cnn(-c2ccc(-c3ncon3)cc2)c1. The Morgan fingerprint density at radius 2 is 1.90 bits per heavy atom. The third kappa shape index (κ3) is 5.56. The van der Waals surface area contributed by atoms with Gasteiger partial charge in [-0.25, -0.2) is 9.07 Å². The van der Waals surface area contributed by atoms with E-state index in [1.54, 1.807) is 10.9 Å². The van der Waals surface area contributed by atoms with Crippen LogP contribution in [0.1, 0.15) is 10.4 Å². The van der Waals surface area contributed by atoms with Crippen LogP contribution in [0.2, 0.25) is 0 Å². The van der Waals surface area contributed by atoms with Gasteiger partial charge >= 0.3 is 0 Å².